The van der Waals surface area contributed by atoms with Crippen molar-refractivity contribution in [1.29, 1.82) is 0 Å². The zero-order chi connectivity index (χ0) is 15.6. The molecule has 0 aromatic heterocycles. The Bertz CT molecular complexity index is 736. The Labute approximate surface area is 122 Å². The van der Waals surface area contributed by atoms with Crippen LogP contribution in [-0.4, -0.2) is 15.9 Å². The number of anilines is 1. The largest absolute Gasteiger partial charge is 0.506 e. The van der Waals surface area contributed by atoms with Gasteiger partial charge >= 0.3 is 5.69 Å². The smallest absolute Gasteiger partial charge is 0.304 e. The van der Waals surface area contributed by atoms with Crippen molar-refractivity contribution in [3.05, 3.63) is 62.9 Å². The standard InChI is InChI=1S/C13H8ClFN2O4/c14-9-6-8(2-4-12(9)18)16-13(19)7-1-3-11(17(20)21)10(15)5-7/h1-6,18H,(H,16,19). The highest BCUT2D eigenvalue weighted by atomic mass is 35.5. The summed E-state index contributed by atoms with van der Waals surface area (Å²) in [7, 11) is 0. The van der Waals surface area contributed by atoms with Gasteiger partial charge in [-0.25, -0.2) is 0 Å². The molecule has 6 nitrogen and oxygen atoms in total. The maximum atomic E-state index is 13.4. The maximum absolute atomic E-state index is 13.4. The van der Waals surface area contributed by atoms with Crippen LogP contribution in [0, 0.1) is 15.9 Å². The Morgan fingerprint density at radius 3 is 2.57 bits per heavy atom. The summed E-state index contributed by atoms with van der Waals surface area (Å²) >= 11 is 5.69. The molecule has 0 atom stereocenters. The minimum Gasteiger partial charge on any atom is -0.506 e. The van der Waals surface area contributed by atoms with Crippen LogP contribution < -0.4 is 5.32 Å². The zero-order valence-corrected chi connectivity index (χ0v) is 11.1. The predicted molar refractivity (Wildman–Crippen MR) is 74.1 cm³/mol. The quantitative estimate of drug-likeness (QED) is 0.516. The first kappa shape index (κ1) is 14.7. The number of benzene rings is 2. The van der Waals surface area contributed by atoms with Crippen molar-refractivity contribution in [2.24, 2.45) is 0 Å². The van der Waals surface area contributed by atoms with E-state index >= 15 is 0 Å². The molecule has 21 heavy (non-hydrogen) atoms. The van der Waals surface area contributed by atoms with Crippen LogP contribution in [0.4, 0.5) is 15.8 Å². The van der Waals surface area contributed by atoms with Gasteiger partial charge in [0, 0.05) is 17.3 Å². The van der Waals surface area contributed by atoms with Crippen LogP contribution in [0.1, 0.15) is 10.4 Å². The van der Waals surface area contributed by atoms with Crippen molar-refractivity contribution in [3.63, 3.8) is 0 Å². The zero-order valence-electron chi connectivity index (χ0n) is 10.3. The van der Waals surface area contributed by atoms with E-state index in [1.807, 2.05) is 0 Å². The lowest BCUT2D eigenvalue weighted by Crippen LogP contribution is -2.12. The molecule has 2 rings (SSSR count). The van der Waals surface area contributed by atoms with E-state index in [9.17, 15) is 24.4 Å². The van der Waals surface area contributed by atoms with E-state index in [0.717, 1.165) is 18.2 Å². The number of amides is 1. The first-order chi connectivity index (χ1) is 9.88. The molecule has 0 aliphatic rings. The first-order valence-electron chi connectivity index (χ1n) is 5.62. The number of carbonyl (C=O) groups is 1. The van der Waals surface area contributed by atoms with Gasteiger partial charge in [-0.05, 0) is 30.3 Å². The lowest BCUT2D eigenvalue weighted by atomic mass is 10.2. The fraction of sp³-hybridized carbons (Fsp3) is 0. The molecule has 2 aromatic rings. The summed E-state index contributed by atoms with van der Waals surface area (Å²) in [6.45, 7) is 0. The monoisotopic (exact) mass is 310 g/mol. The van der Waals surface area contributed by atoms with E-state index in [1.165, 1.54) is 18.2 Å². The molecule has 0 fully saturated rings. The van der Waals surface area contributed by atoms with Gasteiger partial charge in [0.1, 0.15) is 5.75 Å². The molecule has 8 heteroatoms. The second kappa shape index (κ2) is 5.76. The fourth-order valence-electron chi connectivity index (χ4n) is 1.58. The molecular formula is C13H8ClFN2O4. The van der Waals surface area contributed by atoms with Gasteiger partial charge in [-0.2, -0.15) is 4.39 Å². The molecule has 2 N–H and O–H groups in total. The normalized spacial score (nSPS) is 10.2. The molecular weight excluding hydrogens is 303 g/mol. The Balaban J connectivity index is 2.22. The number of nitrogens with zero attached hydrogens (tertiary/aromatic N) is 1. The van der Waals surface area contributed by atoms with Crippen LogP contribution in [0.25, 0.3) is 0 Å². The number of halogens is 2. The van der Waals surface area contributed by atoms with Crippen LogP contribution in [0.5, 0.6) is 5.75 Å². The Kier molecular flexibility index (Phi) is 4.04. The molecule has 108 valence electrons. The third kappa shape index (κ3) is 3.26. The highest BCUT2D eigenvalue weighted by molar-refractivity contribution is 6.32. The summed E-state index contributed by atoms with van der Waals surface area (Å²) in [5, 5.41) is 22.2. The molecule has 0 saturated carbocycles. The van der Waals surface area contributed by atoms with Crippen molar-refractivity contribution in [2.45, 2.75) is 0 Å². The number of rotatable bonds is 3. The van der Waals surface area contributed by atoms with Crippen LogP contribution in [0.3, 0.4) is 0 Å². The number of carbonyl (C=O) groups excluding carboxylic acids is 1. The van der Waals surface area contributed by atoms with Crippen molar-refractivity contribution in [1.82, 2.24) is 0 Å². The lowest BCUT2D eigenvalue weighted by Gasteiger charge is -2.06. The number of nitrogens with one attached hydrogen (secondary N) is 1. The number of aromatic hydroxyl groups is 1. The fourth-order valence-corrected chi connectivity index (χ4v) is 1.76. The summed E-state index contributed by atoms with van der Waals surface area (Å²) in [5.41, 5.74) is -0.497. The first-order valence-corrected chi connectivity index (χ1v) is 6.00. The van der Waals surface area contributed by atoms with Crippen molar-refractivity contribution >= 4 is 28.9 Å². The topological polar surface area (TPSA) is 92.5 Å². The molecule has 0 bridgehead atoms. The predicted octanol–water partition coefficient (Wildman–Crippen LogP) is 3.35. The van der Waals surface area contributed by atoms with Crippen LogP contribution >= 0.6 is 11.6 Å². The minimum atomic E-state index is -1.10. The number of nitro groups is 1. The summed E-state index contributed by atoms with van der Waals surface area (Å²) in [4.78, 5) is 21.5. The summed E-state index contributed by atoms with van der Waals surface area (Å²) in [5.74, 6) is -1.90. The SMILES string of the molecule is O=C(Nc1ccc(O)c(Cl)c1)c1ccc([N+](=O)[O-])c(F)c1. The number of hydrogen-bond acceptors (Lipinski definition) is 4. The van der Waals surface area contributed by atoms with Gasteiger partial charge < -0.3 is 10.4 Å². The number of nitro benzene ring substituents is 1. The number of phenolic OH excluding ortho intramolecular Hbond substituents is 1. The van der Waals surface area contributed by atoms with Crippen LogP contribution in [0.15, 0.2) is 36.4 Å². The Hall–Kier alpha value is -2.67. The summed E-state index contributed by atoms with van der Waals surface area (Å²) < 4.78 is 13.4. The molecule has 0 aliphatic carbocycles. The average Bonchev–Trinajstić information content (AvgIpc) is 2.42. The average molecular weight is 311 g/mol. The van der Waals surface area contributed by atoms with Crippen LogP contribution in [0.2, 0.25) is 5.02 Å². The molecule has 2 aromatic carbocycles. The minimum absolute atomic E-state index is 0.0441. The third-order valence-electron chi connectivity index (χ3n) is 2.61. The lowest BCUT2D eigenvalue weighted by molar-refractivity contribution is -0.387. The molecule has 0 radical (unpaired) electrons. The van der Waals surface area contributed by atoms with Gasteiger partial charge in [-0.3, -0.25) is 14.9 Å². The van der Waals surface area contributed by atoms with Gasteiger partial charge in [-0.1, -0.05) is 11.6 Å². The van der Waals surface area contributed by atoms with Gasteiger partial charge in [0.05, 0.1) is 9.95 Å². The molecule has 0 heterocycles. The van der Waals surface area contributed by atoms with E-state index in [4.69, 9.17) is 11.6 Å². The van der Waals surface area contributed by atoms with Crippen molar-refractivity contribution < 1.29 is 19.2 Å². The van der Waals surface area contributed by atoms with E-state index in [-0.39, 0.29) is 16.3 Å². The molecule has 0 unspecified atom stereocenters. The van der Waals surface area contributed by atoms with Crippen molar-refractivity contribution in [2.75, 3.05) is 5.32 Å². The second-order valence-electron chi connectivity index (χ2n) is 4.04. The highest BCUT2D eigenvalue weighted by Crippen LogP contribution is 2.26. The van der Waals surface area contributed by atoms with E-state index in [1.54, 1.807) is 0 Å². The molecule has 1 amide bonds. The maximum Gasteiger partial charge on any atom is 0.304 e. The second-order valence-corrected chi connectivity index (χ2v) is 4.45. The Morgan fingerprint density at radius 2 is 2.00 bits per heavy atom. The summed E-state index contributed by atoms with van der Waals surface area (Å²) in [6, 6.07) is 6.83. The van der Waals surface area contributed by atoms with Gasteiger partial charge in [0.2, 0.25) is 5.82 Å². The van der Waals surface area contributed by atoms with Gasteiger partial charge in [-0.15, -0.1) is 0 Å². The molecule has 0 saturated heterocycles. The van der Waals surface area contributed by atoms with Gasteiger partial charge in [0.15, 0.2) is 0 Å². The van der Waals surface area contributed by atoms with E-state index < -0.39 is 22.3 Å². The third-order valence-corrected chi connectivity index (χ3v) is 2.91. The summed E-state index contributed by atoms with van der Waals surface area (Å²) in [6.07, 6.45) is 0. The number of phenols is 1. The van der Waals surface area contributed by atoms with Crippen molar-refractivity contribution in [3.8, 4) is 5.75 Å². The van der Waals surface area contributed by atoms with Crippen LogP contribution in [-0.2, 0) is 0 Å². The molecule has 0 aliphatic heterocycles. The van der Waals surface area contributed by atoms with Gasteiger partial charge in [0.25, 0.3) is 5.91 Å². The van der Waals surface area contributed by atoms with E-state index in [2.05, 4.69) is 5.32 Å². The Morgan fingerprint density at radius 1 is 1.29 bits per heavy atom. The van der Waals surface area contributed by atoms with E-state index in [0.29, 0.717) is 5.69 Å². The highest BCUT2D eigenvalue weighted by Gasteiger charge is 2.17. The molecule has 0 spiro atoms. The number of hydrogen-bond donors (Lipinski definition) is 2.